The van der Waals surface area contributed by atoms with E-state index in [1.54, 1.807) is 24.4 Å². The molecule has 2 aromatic rings. The number of hydrazone groups is 1. The third-order valence-electron chi connectivity index (χ3n) is 3.15. The molecule has 0 unspecified atom stereocenters. The van der Waals surface area contributed by atoms with Crippen LogP contribution in [0.5, 0.6) is 5.75 Å². The van der Waals surface area contributed by atoms with Crippen molar-refractivity contribution < 1.29 is 9.53 Å². The second kappa shape index (κ2) is 8.89. The monoisotopic (exact) mass is 342 g/mol. The first-order chi connectivity index (χ1) is 11.5. The van der Waals surface area contributed by atoms with Crippen molar-refractivity contribution in [2.24, 2.45) is 5.10 Å². The van der Waals surface area contributed by atoms with Gasteiger partial charge in [0.1, 0.15) is 5.75 Å². The van der Waals surface area contributed by atoms with Crippen molar-refractivity contribution in [1.82, 2.24) is 5.43 Å². The summed E-state index contributed by atoms with van der Waals surface area (Å²) in [6.07, 6.45) is 3.57. The van der Waals surface area contributed by atoms with E-state index in [-0.39, 0.29) is 12.5 Å². The molecule has 0 aliphatic rings. The number of rotatable bonds is 6. The standard InChI is InChI=1S/C19H19ClN2O2/c1-14(10-16-6-4-3-5-7-16)12-21-22-19(23)13-24-17-8-9-18(20)15(2)11-17/h3-12H,13H2,1-2H3,(H,22,23)/b14-10+,21-12-. The Kier molecular flexibility index (Phi) is 6.58. The molecule has 0 saturated heterocycles. The summed E-state index contributed by atoms with van der Waals surface area (Å²) in [6.45, 7) is 3.68. The molecule has 0 saturated carbocycles. The maximum atomic E-state index is 11.7. The first-order valence-corrected chi connectivity index (χ1v) is 7.86. The highest BCUT2D eigenvalue weighted by Gasteiger charge is 2.03. The van der Waals surface area contributed by atoms with E-state index < -0.39 is 0 Å². The minimum absolute atomic E-state index is 0.111. The van der Waals surface area contributed by atoms with E-state index in [9.17, 15) is 4.79 Å². The lowest BCUT2D eigenvalue weighted by molar-refractivity contribution is -0.123. The fraction of sp³-hybridized carbons (Fsp3) is 0.158. The Bertz CT molecular complexity index is 755. The van der Waals surface area contributed by atoms with Crippen LogP contribution in [-0.2, 0) is 4.79 Å². The number of amides is 1. The number of allylic oxidation sites excluding steroid dienone is 1. The number of hydrogen-bond acceptors (Lipinski definition) is 3. The Labute approximate surface area is 146 Å². The van der Waals surface area contributed by atoms with Gasteiger partial charge in [-0.3, -0.25) is 4.79 Å². The second-order valence-electron chi connectivity index (χ2n) is 5.29. The van der Waals surface area contributed by atoms with E-state index in [2.05, 4.69) is 10.5 Å². The SMILES string of the molecule is CC(/C=N\NC(=O)COc1ccc(Cl)c(C)c1)=C\c1ccccc1. The van der Waals surface area contributed by atoms with Crippen molar-refractivity contribution in [3.05, 3.63) is 70.3 Å². The van der Waals surface area contributed by atoms with Crippen LogP contribution in [0, 0.1) is 6.92 Å². The number of carbonyl (C=O) groups is 1. The first kappa shape index (κ1) is 17.8. The maximum Gasteiger partial charge on any atom is 0.277 e. The van der Waals surface area contributed by atoms with Crippen molar-refractivity contribution in [3.8, 4) is 5.75 Å². The summed E-state index contributed by atoms with van der Waals surface area (Å²) in [4.78, 5) is 11.7. The number of nitrogens with zero attached hydrogens (tertiary/aromatic N) is 1. The van der Waals surface area contributed by atoms with Crippen LogP contribution in [0.2, 0.25) is 5.02 Å². The largest absolute Gasteiger partial charge is 0.484 e. The molecule has 24 heavy (non-hydrogen) atoms. The van der Waals surface area contributed by atoms with Crippen LogP contribution < -0.4 is 10.2 Å². The average Bonchev–Trinajstić information content (AvgIpc) is 2.57. The Balaban J connectivity index is 1.80. The number of ether oxygens (including phenoxy) is 1. The number of nitrogens with one attached hydrogen (secondary N) is 1. The lowest BCUT2D eigenvalue weighted by atomic mass is 10.1. The van der Waals surface area contributed by atoms with Crippen molar-refractivity contribution in [1.29, 1.82) is 0 Å². The third kappa shape index (κ3) is 5.89. The second-order valence-corrected chi connectivity index (χ2v) is 5.70. The molecule has 5 heteroatoms. The smallest absolute Gasteiger partial charge is 0.277 e. The molecule has 0 heterocycles. The molecule has 0 fully saturated rings. The maximum absolute atomic E-state index is 11.7. The van der Waals surface area contributed by atoms with Crippen LogP contribution in [0.15, 0.2) is 59.2 Å². The highest BCUT2D eigenvalue weighted by Crippen LogP contribution is 2.20. The van der Waals surface area contributed by atoms with Crippen LogP contribution in [0.1, 0.15) is 18.1 Å². The molecule has 1 amide bonds. The molecule has 0 atom stereocenters. The van der Waals surface area contributed by atoms with Gasteiger partial charge in [0.2, 0.25) is 0 Å². The van der Waals surface area contributed by atoms with Gasteiger partial charge in [-0.2, -0.15) is 5.10 Å². The fourth-order valence-corrected chi connectivity index (χ4v) is 2.06. The van der Waals surface area contributed by atoms with Gasteiger partial charge in [-0.05, 0) is 48.7 Å². The number of hydrogen-bond donors (Lipinski definition) is 1. The highest BCUT2D eigenvalue weighted by atomic mass is 35.5. The van der Waals surface area contributed by atoms with Crippen LogP contribution in [0.25, 0.3) is 6.08 Å². The Hall–Kier alpha value is -2.59. The van der Waals surface area contributed by atoms with E-state index in [0.29, 0.717) is 10.8 Å². The molecule has 2 aromatic carbocycles. The number of carbonyl (C=O) groups excluding carboxylic acids is 1. The van der Waals surface area contributed by atoms with Crippen LogP contribution in [0.3, 0.4) is 0 Å². The Morgan fingerprint density at radius 1 is 1.25 bits per heavy atom. The number of aryl methyl sites for hydroxylation is 1. The molecular weight excluding hydrogens is 324 g/mol. The summed E-state index contributed by atoms with van der Waals surface area (Å²) >= 11 is 5.94. The first-order valence-electron chi connectivity index (χ1n) is 7.49. The summed E-state index contributed by atoms with van der Waals surface area (Å²) in [5.41, 5.74) is 5.34. The van der Waals surface area contributed by atoms with E-state index in [1.807, 2.05) is 50.3 Å². The molecule has 0 aromatic heterocycles. The van der Waals surface area contributed by atoms with Gasteiger partial charge in [0.25, 0.3) is 5.91 Å². The minimum Gasteiger partial charge on any atom is -0.484 e. The molecule has 0 bridgehead atoms. The molecule has 0 spiro atoms. The summed E-state index contributed by atoms with van der Waals surface area (Å²) in [5, 5.41) is 4.58. The lowest BCUT2D eigenvalue weighted by Crippen LogP contribution is -2.24. The zero-order valence-corrected chi connectivity index (χ0v) is 14.4. The van der Waals surface area contributed by atoms with Gasteiger partial charge < -0.3 is 4.74 Å². The zero-order chi connectivity index (χ0) is 17.4. The normalized spacial score (nSPS) is 11.5. The molecule has 0 aliphatic heterocycles. The molecule has 2 rings (SSSR count). The van der Waals surface area contributed by atoms with Crippen LogP contribution >= 0.6 is 11.6 Å². The molecule has 1 N–H and O–H groups in total. The summed E-state index contributed by atoms with van der Waals surface area (Å²) < 4.78 is 5.40. The Morgan fingerprint density at radius 3 is 2.71 bits per heavy atom. The minimum atomic E-state index is -0.327. The van der Waals surface area contributed by atoms with E-state index in [0.717, 1.165) is 16.7 Å². The van der Waals surface area contributed by atoms with Crippen LogP contribution in [0.4, 0.5) is 0 Å². The molecule has 124 valence electrons. The lowest BCUT2D eigenvalue weighted by Gasteiger charge is -2.06. The quantitative estimate of drug-likeness (QED) is 0.630. The van der Waals surface area contributed by atoms with Gasteiger partial charge in [0.05, 0.1) is 6.21 Å². The summed E-state index contributed by atoms with van der Waals surface area (Å²) in [7, 11) is 0. The molecule has 0 radical (unpaired) electrons. The van der Waals surface area contributed by atoms with Gasteiger partial charge in [-0.15, -0.1) is 0 Å². The van der Waals surface area contributed by atoms with E-state index >= 15 is 0 Å². The topological polar surface area (TPSA) is 50.7 Å². The molecule has 4 nitrogen and oxygen atoms in total. The Morgan fingerprint density at radius 2 is 2.00 bits per heavy atom. The van der Waals surface area contributed by atoms with Gasteiger partial charge in [-0.1, -0.05) is 48.0 Å². The van der Waals surface area contributed by atoms with Gasteiger partial charge in [0.15, 0.2) is 6.61 Å². The van der Waals surface area contributed by atoms with Gasteiger partial charge in [-0.25, -0.2) is 5.43 Å². The number of benzene rings is 2. The predicted octanol–water partition coefficient (Wildman–Crippen LogP) is 4.23. The predicted molar refractivity (Wildman–Crippen MR) is 98.4 cm³/mol. The summed E-state index contributed by atoms with van der Waals surface area (Å²) in [6, 6.07) is 15.1. The van der Waals surface area contributed by atoms with Crippen molar-refractivity contribution in [2.45, 2.75) is 13.8 Å². The number of halogens is 1. The molecule has 0 aliphatic carbocycles. The van der Waals surface area contributed by atoms with Crippen molar-refractivity contribution in [3.63, 3.8) is 0 Å². The fourth-order valence-electron chi connectivity index (χ4n) is 1.94. The third-order valence-corrected chi connectivity index (χ3v) is 3.57. The van der Waals surface area contributed by atoms with Gasteiger partial charge >= 0.3 is 0 Å². The average molecular weight is 343 g/mol. The van der Waals surface area contributed by atoms with Crippen molar-refractivity contribution in [2.75, 3.05) is 6.61 Å². The highest BCUT2D eigenvalue weighted by molar-refractivity contribution is 6.31. The van der Waals surface area contributed by atoms with Gasteiger partial charge in [0, 0.05) is 5.02 Å². The van der Waals surface area contributed by atoms with E-state index in [4.69, 9.17) is 16.3 Å². The zero-order valence-electron chi connectivity index (χ0n) is 13.6. The molecular formula is C19H19ClN2O2. The van der Waals surface area contributed by atoms with Crippen molar-refractivity contribution >= 4 is 29.8 Å². The van der Waals surface area contributed by atoms with Crippen LogP contribution in [-0.4, -0.2) is 18.7 Å². The van der Waals surface area contributed by atoms with E-state index in [1.165, 1.54) is 0 Å². The summed E-state index contributed by atoms with van der Waals surface area (Å²) in [5.74, 6) is 0.266.